The minimum absolute atomic E-state index is 0.0448. The van der Waals surface area contributed by atoms with E-state index in [9.17, 15) is 15.0 Å². The molecule has 4 heteroatoms. The van der Waals surface area contributed by atoms with E-state index < -0.39 is 12.1 Å². The lowest BCUT2D eigenvalue weighted by atomic mass is 10.0. The largest absolute Gasteiger partial charge is 0.394 e. The topological polar surface area (TPSA) is 69.6 Å². The molecule has 0 bridgehead atoms. The second-order valence-electron chi connectivity index (χ2n) is 10.5. The summed E-state index contributed by atoms with van der Waals surface area (Å²) in [6.07, 6.45) is 31.1. The first-order valence-corrected chi connectivity index (χ1v) is 15.4. The Labute approximate surface area is 218 Å². The fraction of sp³-hybridized carbons (Fsp3) is 0.903. The fourth-order valence-electron chi connectivity index (χ4n) is 4.59. The molecule has 2 atom stereocenters. The van der Waals surface area contributed by atoms with Crippen molar-refractivity contribution in [3.05, 3.63) is 12.2 Å². The van der Waals surface area contributed by atoms with Gasteiger partial charge in [0.05, 0.1) is 18.8 Å². The summed E-state index contributed by atoms with van der Waals surface area (Å²) >= 11 is 0. The SMILES string of the molecule is CCCCCCCC/C=C\CCCCCCCC(=O)N[C@@H](CO)[C@H](O)CCCCCCCCCC. The lowest BCUT2D eigenvalue weighted by molar-refractivity contribution is -0.123. The number of carbonyl (C=O) groups is 1. The van der Waals surface area contributed by atoms with E-state index in [-0.39, 0.29) is 12.5 Å². The summed E-state index contributed by atoms with van der Waals surface area (Å²) in [6, 6.07) is -0.532. The van der Waals surface area contributed by atoms with E-state index in [2.05, 4.69) is 31.3 Å². The average Bonchev–Trinajstić information content (AvgIpc) is 2.86. The highest BCUT2D eigenvalue weighted by Gasteiger charge is 2.19. The lowest BCUT2D eigenvalue weighted by Gasteiger charge is -2.22. The van der Waals surface area contributed by atoms with E-state index in [1.54, 1.807) is 0 Å². The molecule has 0 fully saturated rings. The van der Waals surface area contributed by atoms with Gasteiger partial charge in [-0.05, 0) is 38.5 Å². The minimum atomic E-state index is -0.654. The summed E-state index contributed by atoms with van der Waals surface area (Å²) in [6.45, 7) is 4.30. The second kappa shape index (κ2) is 27.7. The zero-order valence-corrected chi connectivity index (χ0v) is 23.6. The maximum Gasteiger partial charge on any atom is 0.220 e. The summed E-state index contributed by atoms with van der Waals surface area (Å²) in [7, 11) is 0. The Morgan fingerprint density at radius 1 is 0.657 bits per heavy atom. The van der Waals surface area contributed by atoms with Gasteiger partial charge in [0.25, 0.3) is 0 Å². The first-order chi connectivity index (χ1) is 17.2. The van der Waals surface area contributed by atoms with Crippen LogP contribution < -0.4 is 5.32 Å². The van der Waals surface area contributed by atoms with E-state index >= 15 is 0 Å². The maximum atomic E-state index is 12.2. The minimum Gasteiger partial charge on any atom is -0.394 e. The lowest BCUT2D eigenvalue weighted by Crippen LogP contribution is -2.45. The number of hydrogen-bond donors (Lipinski definition) is 3. The van der Waals surface area contributed by atoms with E-state index in [1.165, 1.54) is 109 Å². The third-order valence-electron chi connectivity index (χ3n) is 7.03. The van der Waals surface area contributed by atoms with Crippen molar-refractivity contribution in [1.82, 2.24) is 5.32 Å². The summed E-state index contributed by atoms with van der Waals surface area (Å²) in [4.78, 5) is 12.2. The molecule has 0 saturated carbocycles. The second-order valence-corrected chi connectivity index (χ2v) is 10.5. The van der Waals surface area contributed by atoms with Gasteiger partial charge < -0.3 is 15.5 Å². The predicted octanol–water partition coefficient (Wildman–Crippen LogP) is 8.39. The number of unbranched alkanes of at least 4 members (excludes halogenated alkanes) is 18. The number of carbonyl (C=O) groups excluding carboxylic acids is 1. The zero-order valence-electron chi connectivity index (χ0n) is 23.6. The van der Waals surface area contributed by atoms with Gasteiger partial charge in [-0.3, -0.25) is 4.79 Å². The van der Waals surface area contributed by atoms with Gasteiger partial charge in [-0.25, -0.2) is 0 Å². The Hall–Kier alpha value is -0.870. The molecular formula is C31H61NO3. The summed E-state index contributed by atoms with van der Waals surface area (Å²) in [5, 5.41) is 22.8. The van der Waals surface area contributed by atoms with Gasteiger partial charge in [0.15, 0.2) is 0 Å². The van der Waals surface area contributed by atoms with Crippen LogP contribution in [0.25, 0.3) is 0 Å². The van der Waals surface area contributed by atoms with Crippen molar-refractivity contribution in [3.63, 3.8) is 0 Å². The van der Waals surface area contributed by atoms with E-state index in [0.29, 0.717) is 12.8 Å². The molecule has 0 spiro atoms. The van der Waals surface area contributed by atoms with Gasteiger partial charge in [0.1, 0.15) is 0 Å². The summed E-state index contributed by atoms with van der Waals surface area (Å²) < 4.78 is 0. The van der Waals surface area contributed by atoms with Crippen molar-refractivity contribution in [2.24, 2.45) is 0 Å². The quantitative estimate of drug-likeness (QED) is 0.0791. The fourth-order valence-corrected chi connectivity index (χ4v) is 4.59. The van der Waals surface area contributed by atoms with Crippen LogP contribution in [0.15, 0.2) is 12.2 Å². The maximum absolute atomic E-state index is 12.2. The first kappa shape index (κ1) is 34.1. The van der Waals surface area contributed by atoms with Crippen molar-refractivity contribution < 1.29 is 15.0 Å². The van der Waals surface area contributed by atoms with E-state index in [1.807, 2.05) is 0 Å². The molecule has 0 heterocycles. The molecule has 0 rings (SSSR count). The zero-order chi connectivity index (χ0) is 25.8. The number of allylic oxidation sites excluding steroid dienone is 2. The molecule has 0 aromatic rings. The summed E-state index contributed by atoms with van der Waals surface area (Å²) in [5.41, 5.74) is 0. The van der Waals surface area contributed by atoms with Crippen molar-refractivity contribution in [2.45, 2.75) is 174 Å². The highest BCUT2D eigenvalue weighted by atomic mass is 16.3. The molecule has 35 heavy (non-hydrogen) atoms. The van der Waals surface area contributed by atoms with Crippen LogP contribution in [0.3, 0.4) is 0 Å². The van der Waals surface area contributed by atoms with Gasteiger partial charge in [0, 0.05) is 6.42 Å². The van der Waals surface area contributed by atoms with Crippen LogP contribution in [0, 0.1) is 0 Å². The van der Waals surface area contributed by atoms with Crippen LogP contribution in [0.4, 0.5) is 0 Å². The molecule has 0 radical (unpaired) electrons. The van der Waals surface area contributed by atoms with Gasteiger partial charge in [-0.15, -0.1) is 0 Å². The van der Waals surface area contributed by atoms with Gasteiger partial charge in [-0.2, -0.15) is 0 Å². The van der Waals surface area contributed by atoms with Crippen molar-refractivity contribution >= 4 is 5.91 Å². The van der Waals surface area contributed by atoms with Gasteiger partial charge >= 0.3 is 0 Å². The molecule has 1 amide bonds. The highest BCUT2D eigenvalue weighted by molar-refractivity contribution is 5.76. The molecule has 0 aromatic heterocycles. The number of nitrogens with one attached hydrogen (secondary N) is 1. The van der Waals surface area contributed by atoms with Gasteiger partial charge in [0.2, 0.25) is 5.91 Å². The van der Waals surface area contributed by atoms with E-state index in [4.69, 9.17) is 0 Å². The van der Waals surface area contributed by atoms with Crippen LogP contribution in [-0.2, 0) is 4.79 Å². The molecule has 3 N–H and O–H groups in total. The Balaban J connectivity index is 3.60. The Bertz CT molecular complexity index is 466. The molecule has 0 unspecified atom stereocenters. The molecule has 0 aliphatic carbocycles. The van der Waals surface area contributed by atoms with Crippen LogP contribution in [0.5, 0.6) is 0 Å². The molecule has 0 saturated heterocycles. The van der Waals surface area contributed by atoms with Crippen molar-refractivity contribution in [3.8, 4) is 0 Å². The third kappa shape index (κ3) is 24.6. The number of amides is 1. The average molecular weight is 496 g/mol. The van der Waals surface area contributed by atoms with Crippen LogP contribution >= 0.6 is 0 Å². The molecule has 0 aromatic carbocycles. The van der Waals surface area contributed by atoms with Gasteiger partial charge in [-0.1, -0.05) is 129 Å². The van der Waals surface area contributed by atoms with E-state index in [0.717, 1.165) is 25.7 Å². The monoisotopic (exact) mass is 495 g/mol. The number of rotatable bonds is 27. The Morgan fingerprint density at radius 3 is 1.57 bits per heavy atom. The van der Waals surface area contributed by atoms with Crippen LogP contribution in [0.2, 0.25) is 0 Å². The molecule has 0 aliphatic heterocycles. The Kier molecular flexibility index (Phi) is 27.0. The number of aliphatic hydroxyl groups is 2. The standard InChI is InChI=1S/C31H61NO3/c1-3-5-7-9-11-13-14-15-16-17-18-19-21-23-25-27-31(35)32-29(28-33)30(34)26-24-22-20-12-10-8-6-4-2/h15-16,29-30,33-34H,3-14,17-28H2,1-2H3,(H,32,35)/b16-15-/t29-,30+/m0/s1. The predicted molar refractivity (Wildman–Crippen MR) is 152 cm³/mol. The normalized spacial score (nSPS) is 13.4. The van der Waals surface area contributed by atoms with Crippen LogP contribution in [-0.4, -0.2) is 34.9 Å². The highest BCUT2D eigenvalue weighted by Crippen LogP contribution is 2.13. The smallest absolute Gasteiger partial charge is 0.220 e. The number of aliphatic hydroxyl groups excluding tert-OH is 2. The molecule has 4 nitrogen and oxygen atoms in total. The first-order valence-electron chi connectivity index (χ1n) is 15.4. The molecule has 0 aliphatic rings. The molecular weight excluding hydrogens is 434 g/mol. The van der Waals surface area contributed by atoms with Crippen molar-refractivity contribution in [1.29, 1.82) is 0 Å². The molecule has 208 valence electrons. The Morgan fingerprint density at radius 2 is 1.09 bits per heavy atom. The summed E-state index contributed by atoms with van der Waals surface area (Å²) in [5.74, 6) is -0.0448. The van der Waals surface area contributed by atoms with Crippen LogP contribution in [0.1, 0.15) is 162 Å². The van der Waals surface area contributed by atoms with Crippen molar-refractivity contribution in [2.75, 3.05) is 6.61 Å². The number of hydrogen-bond acceptors (Lipinski definition) is 3. The third-order valence-corrected chi connectivity index (χ3v) is 7.03.